The summed E-state index contributed by atoms with van der Waals surface area (Å²) in [5.41, 5.74) is 3.60. The zero-order valence-corrected chi connectivity index (χ0v) is 16.4. The summed E-state index contributed by atoms with van der Waals surface area (Å²) in [5.74, 6) is -1.29. The van der Waals surface area contributed by atoms with Gasteiger partial charge in [-0.25, -0.2) is 9.80 Å². The van der Waals surface area contributed by atoms with Crippen LogP contribution in [-0.4, -0.2) is 17.8 Å². The van der Waals surface area contributed by atoms with Crippen molar-refractivity contribution in [1.29, 1.82) is 0 Å². The first-order valence-electron chi connectivity index (χ1n) is 8.50. The van der Waals surface area contributed by atoms with Gasteiger partial charge in [0.05, 0.1) is 10.7 Å². The van der Waals surface area contributed by atoms with Crippen molar-refractivity contribution in [3.8, 4) is 5.75 Å². The Morgan fingerprint density at radius 1 is 1.07 bits per heavy atom. The quantitative estimate of drug-likeness (QED) is 0.296. The van der Waals surface area contributed by atoms with Crippen LogP contribution in [0.15, 0.2) is 71.6 Å². The number of rotatable bonds is 4. The van der Waals surface area contributed by atoms with Gasteiger partial charge in [0.1, 0.15) is 16.2 Å². The van der Waals surface area contributed by atoms with Crippen LogP contribution in [0.25, 0.3) is 6.08 Å². The largest absolute Gasteiger partial charge is 0.421 e. The molecule has 0 radical (unpaired) electrons. The first kappa shape index (κ1) is 18.9. The number of halogens is 1. The van der Waals surface area contributed by atoms with Gasteiger partial charge in [-0.3, -0.25) is 15.0 Å². The highest BCUT2D eigenvalue weighted by Gasteiger charge is 2.34. The van der Waals surface area contributed by atoms with Crippen LogP contribution in [-0.2, 0) is 9.59 Å². The summed E-state index contributed by atoms with van der Waals surface area (Å²) in [4.78, 5) is 37.4. The van der Waals surface area contributed by atoms with Crippen LogP contribution in [0.3, 0.4) is 0 Å². The minimum Gasteiger partial charge on any atom is -0.421 e. The van der Waals surface area contributed by atoms with E-state index in [0.717, 1.165) is 0 Å². The molecule has 1 saturated heterocycles. The van der Waals surface area contributed by atoms with Crippen LogP contribution in [0, 0.1) is 0 Å². The number of nitrogens with zero attached hydrogens (tertiary/aromatic N) is 1. The number of esters is 1. The molecule has 1 aliphatic heterocycles. The molecule has 4 rings (SSSR count). The van der Waals surface area contributed by atoms with Gasteiger partial charge in [0, 0.05) is 0 Å². The molecular formula is C21H13ClN2O4S. The lowest BCUT2D eigenvalue weighted by molar-refractivity contribution is -0.117. The van der Waals surface area contributed by atoms with Crippen LogP contribution < -0.4 is 15.2 Å². The van der Waals surface area contributed by atoms with Crippen molar-refractivity contribution < 1.29 is 19.1 Å². The van der Waals surface area contributed by atoms with Gasteiger partial charge in [-0.1, -0.05) is 41.9 Å². The van der Waals surface area contributed by atoms with Gasteiger partial charge >= 0.3 is 5.97 Å². The van der Waals surface area contributed by atoms with Gasteiger partial charge < -0.3 is 4.74 Å². The fourth-order valence-electron chi connectivity index (χ4n) is 2.72. The second kappa shape index (κ2) is 7.90. The van der Waals surface area contributed by atoms with Crippen LogP contribution in [0.1, 0.15) is 15.2 Å². The molecule has 6 nitrogen and oxygen atoms in total. The molecule has 1 aromatic heterocycles. The minimum atomic E-state index is -0.511. The zero-order valence-electron chi connectivity index (χ0n) is 14.8. The maximum Gasteiger partial charge on any atom is 0.353 e. The highest BCUT2D eigenvalue weighted by Crippen LogP contribution is 2.29. The molecule has 0 atom stereocenters. The molecule has 8 heteroatoms. The molecule has 1 fully saturated rings. The lowest BCUT2D eigenvalue weighted by atomic mass is 10.1. The van der Waals surface area contributed by atoms with Gasteiger partial charge in [-0.2, -0.15) is 0 Å². The van der Waals surface area contributed by atoms with Gasteiger partial charge in [0.25, 0.3) is 11.8 Å². The van der Waals surface area contributed by atoms with Crippen LogP contribution in [0.5, 0.6) is 5.75 Å². The van der Waals surface area contributed by atoms with E-state index in [1.54, 1.807) is 47.8 Å². The second-order valence-electron chi connectivity index (χ2n) is 6.03. The van der Waals surface area contributed by atoms with Crippen molar-refractivity contribution >= 4 is 52.5 Å². The fourth-order valence-corrected chi connectivity index (χ4v) is 3.54. The SMILES string of the molecule is O=C1NN(c2ccccc2)C(=O)/C1=C/c1ccc(OC(=O)c2cccs2)c(Cl)c1. The van der Waals surface area contributed by atoms with E-state index in [-0.39, 0.29) is 16.3 Å². The molecule has 2 amide bonds. The third kappa shape index (κ3) is 3.91. The Kier molecular flexibility index (Phi) is 5.16. The standard InChI is InChI=1S/C21H13ClN2O4S/c22-16-12-13(8-9-17(16)28-21(27)18-7-4-10-29-18)11-15-19(25)23-24(20(15)26)14-5-2-1-3-6-14/h1-12H,(H,23,25)/b15-11+. The molecule has 29 heavy (non-hydrogen) atoms. The predicted molar refractivity (Wildman–Crippen MR) is 111 cm³/mol. The number of hydrogen-bond acceptors (Lipinski definition) is 5. The van der Waals surface area contributed by atoms with Crippen molar-refractivity contribution in [3.05, 3.63) is 87.1 Å². The number of hydrogen-bond donors (Lipinski definition) is 1. The average Bonchev–Trinajstić information content (AvgIpc) is 3.35. The summed E-state index contributed by atoms with van der Waals surface area (Å²) in [7, 11) is 0. The van der Waals surface area contributed by atoms with Crippen molar-refractivity contribution in [2.75, 3.05) is 5.01 Å². The van der Waals surface area contributed by atoms with E-state index in [2.05, 4.69) is 5.43 Å². The van der Waals surface area contributed by atoms with Gasteiger partial charge in [-0.15, -0.1) is 11.3 Å². The summed E-state index contributed by atoms with van der Waals surface area (Å²) in [6.45, 7) is 0. The molecule has 0 saturated carbocycles. The van der Waals surface area contributed by atoms with E-state index in [1.165, 1.54) is 34.6 Å². The van der Waals surface area contributed by atoms with E-state index in [9.17, 15) is 14.4 Å². The Balaban J connectivity index is 1.55. The molecular weight excluding hydrogens is 412 g/mol. The number of benzene rings is 2. The monoisotopic (exact) mass is 424 g/mol. The topological polar surface area (TPSA) is 75.7 Å². The predicted octanol–water partition coefficient (Wildman–Crippen LogP) is 4.08. The summed E-state index contributed by atoms with van der Waals surface area (Å²) < 4.78 is 5.30. The highest BCUT2D eigenvalue weighted by atomic mass is 35.5. The third-order valence-electron chi connectivity index (χ3n) is 4.10. The minimum absolute atomic E-state index is 0.0201. The van der Waals surface area contributed by atoms with Crippen LogP contribution in [0.4, 0.5) is 5.69 Å². The molecule has 2 heterocycles. The number of ether oxygens (including phenoxy) is 1. The van der Waals surface area contributed by atoms with Gasteiger partial charge in [0.2, 0.25) is 0 Å². The Morgan fingerprint density at radius 2 is 1.86 bits per heavy atom. The molecule has 0 bridgehead atoms. The number of carbonyl (C=O) groups is 3. The molecule has 144 valence electrons. The molecule has 1 N–H and O–H groups in total. The van der Waals surface area contributed by atoms with Gasteiger partial charge in [-0.05, 0) is 47.4 Å². The maximum atomic E-state index is 12.6. The maximum absolute atomic E-state index is 12.6. The number of amides is 2. The Bertz CT molecular complexity index is 1130. The Labute approximate surface area is 174 Å². The summed E-state index contributed by atoms with van der Waals surface area (Å²) in [6.07, 6.45) is 1.44. The van der Waals surface area contributed by atoms with E-state index in [1.807, 2.05) is 6.07 Å². The number of nitrogens with one attached hydrogen (secondary N) is 1. The molecule has 0 aliphatic carbocycles. The smallest absolute Gasteiger partial charge is 0.353 e. The van der Waals surface area contributed by atoms with Crippen LogP contribution >= 0.6 is 22.9 Å². The second-order valence-corrected chi connectivity index (χ2v) is 7.39. The molecule has 1 aliphatic rings. The summed E-state index contributed by atoms with van der Waals surface area (Å²) in [6, 6.07) is 16.9. The number of para-hydroxylation sites is 1. The number of carbonyl (C=O) groups excluding carboxylic acids is 3. The first-order chi connectivity index (χ1) is 14.0. The number of hydrazine groups is 1. The molecule has 3 aromatic rings. The molecule has 0 spiro atoms. The molecule has 0 unspecified atom stereocenters. The number of thiophene rings is 1. The average molecular weight is 425 g/mol. The fraction of sp³-hybridized carbons (Fsp3) is 0. The van der Waals surface area contributed by atoms with Crippen LogP contribution in [0.2, 0.25) is 5.02 Å². The van der Waals surface area contributed by atoms with Crippen molar-refractivity contribution in [1.82, 2.24) is 5.43 Å². The lowest BCUT2D eigenvalue weighted by Gasteiger charge is -2.13. The normalized spacial score (nSPS) is 14.9. The Morgan fingerprint density at radius 3 is 2.55 bits per heavy atom. The first-order valence-corrected chi connectivity index (χ1v) is 9.76. The van der Waals surface area contributed by atoms with Crippen molar-refractivity contribution in [2.24, 2.45) is 0 Å². The van der Waals surface area contributed by atoms with E-state index >= 15 is 0 Å². The molecule has 2 aromatic carbocycles. The summed E-state index contributed by atoms with van der Waals surface area (Å²) >= 11 is 7.48. The summed E-state index contributed by atoms with van der Waals surface area (Å²) in [5, 5.41) is 3.15. The Hall–Kier alpha value is -3.42. The van der Waals surface area contributed by atoms with Crippen molar-refractivity contribution in [2.45, 2.75) is 0 Å². The van der Waals surface area contributed by atoms with E-state index < -0.39 is 17.8 Å². The van der Waals surface area contributed by atoms with E-state index in [0.29, 0.717) is 16.1 Å². The van der Waals surface area contributed by atoms with Gasteiger partial charge in [0.15, 0.2) is 0 Å². The van der Waals surface area contributed by atoms with E-state index in [4.69, 9.17) is 16.3 Å². The third-order valence-corrected chi connectivity index (χ3v) is 5.24. The highest BCUT2D eigenvalue weighted by molar-refractivity contribution is 7.12. The number of anilines is 1. The van der Waals surface area contributed by atoms with Crippen molar-refractivity contribution in [3.63, 3.8) is 0 Å². The lowest BCUT2D eigenvalue weighted by Crippen LogP contribution is -2.35. The zero-order chi connectivity index (χ0) is 20.4.